The summed E-state index contributed by atoms with van der Waals surface area (Å²) >= 11 is 5.79. The van der Waals surface area contributed by atoms with Gasteiger partial charge in [0.2, 0.25) is 0 Å². The molecular formula is C27H22ClFN2O3. The molecule has 0 aliphatic rings. The largest absolute Gasteiger partial charge is 0.462 e. The van der Waals surface area contributed by atoms with Crippen molar-refractivity contribution < 1.29 is 18.7 Å². The zero-order valence-corrected chi connectivity index (χ0v) is 19.4. The Morgan fingerprint density at radius 2 is 1.76 bits per heavy atom. The van der Waals surface area contributed by atoms with Crippen LogP contribution in [0.3, 0.4) is 0 Å². The maximum absolute atomic E-state index is 14.2. The number of nitrogens with one attached hydrogen (secondary N) is 1. The van der Waals surface area contributed by atoms with E-state index in [-0.39, 0.29) is 17.3 Å². The van der Waals surface area contributed by atoms with Crippen molar-refractivity contribution in [2.45, 2.75) is 13.8 Å². The number of rotatable bonds is 6. The number of benzene rings is 3. The van der Waals surface area contributed by atoms with Gasteiger partial charge < -0.3 is 14.6 Å². The first-order chi connectivity index (χ1) is 16.4. The van der Waals surface area contributed by atoms with Crippen LogP contribution in [-0.2, 0) is 4.74 Å². The van der Waals surface area contributed by atoms with Gasteiger partial charge in [-0.15, -0.1) is 0 Å². The summed E-state index contributed by atoms with van der Waals surface area (Å²) in [6.07, 6.45) is 0. The van der Waals surface area contributed by atoms with E-state index in [0.717, 1.165) is 17.3 Å². The lowest BCUT2D eigenvalue weighted by atomic mass is 10.1. The minimum atomic E-state index is -0.622. The highest BCUT2D eigenvalue weighted by Crippen LogP contribution is 2.30. The normalized spacial score (nSPS) is 10.7. The molecular weight excluding hydrogens is 455 g/mol. The average Bonchev–Trinajstić information content (AvgIpc) is 3.19. The molecule has 172 valence electrons. The van der Waals surface area contributed by atoms with Crippen LogP contribution in [0.5, 0.6) is 0 Å². The molecule has 1 aromatic heterocycles. The SMILES string of the molecule is CCOC(=O)c1cc(-c2ccccc2)n(-c2cccc(C(=O)Nc3ccc(Cl)cc3F)c2)c1C. The molecule has 0 spiro atoms. The molecule has 4 rings (SSSR count). The molecule has 0 aliphatic carbocycles. The summed E-state index contributed by atoms with van der Waals surface area (Å²) in [6.45, 7) is 3.85. The average molecular weight is 477 g/mol. The van der Waals surface area contributed by atoms with E-state index in [9.17, 15) is 14.0 Å². The lowest BCUT2D eigenvalue weighted by molar-refractivity contribution is 0.0525. The molecule has 1 heterocycles. The fraction of sp³-hybridized carbons (Fsp3) is 0.111. The van der Waals surface area contributed by atoms with Gasteiger partial charge in [0, 0.05) is 22.0 Å². The van der Waals surface area contributed by atoms with Crippen molar-refractivity contribution >= 4 is 29.2 Å². The molecule has 4 aromatic rings. The summed E-state index contributed by atoms with van der Waals surface area (Å²) in [5, 5.41) is 2.82. The van der Waals surface area contributed by atoms with Crippen LogP contribution in [-0.4, -0.2) is 23.1 Å². The zero-order chi connectivity index (χ0) is 24.2. The van der Waals surface area contributed by atoms with Crippen molar-refractivity contribution in [3.8, 4) is 16.9 Å². The highest BCUT2D eigenvalue weighted by atomic mass is 35.5. The summed E-state index contributed by atoms with van der Waals surface area (Å²) in [7, 11) is 0. The summed E-state index contributed by atoms with van der Waals surface area (Å²) in [5.41, 5.74) is 3.85. The molecule has 0 fully saturated rings. The highest BCUT2D eigenvalue weighted by molar-refractivity contribution is 6.30. The Morgan fingerprint density at radius 3 is 2.47 bits per heavy atom. The van der Waals surface area contributed by atoms with Gasteiger partial charge in [-0.25, -0.2) is 9.18 Å². The van der Waals surface area contributed by atoms with Gasteiger partial charge in [0.15, 0.2) is 0 Å². The standard InChI is InChI=1S/C27H22ClFN2O3/c1-3-34-27(33)22-16-25(18-8-5-4-6-9-18)31(17(22)2)21-11-7-10-19(14-21)26(32)30-24-13-12-20(28)15-23(24)29/h4-16H,3H2,1-2H3,(H,30,32). The Hall–Kier alpha value is -3.90. The van der Waals surface area contributed by atoms with Crippen molar-refractivity contribution in [1.82, 2.24) is 4.57 Å². The van der Waals surface area contributed by atoms with E-state index in [1.54, 1.807) is 31.2 Å². The quantitative estimate of drug-likeness (QED) is 0.316. The molecule has 0 saturated heterocycles. The Balaban J connectivity index is 1.76. The van der Waals surface area contributed by atoms with E-state index < -0.39 is 17.7 Å². The van der Waals surface area contributed by atoms with Crippen LogP contribution < -0.4 is 5.32 Å². The molecule has 0 bridgehead atoms. The number of anilines is 1. The lowest BCUT2D eigenvalue weighted by Crippen LogP contribution is -2.13. The minimum Gasteiger partial charge on any atom is -0.462 e. The molecule has 1 N–H and O–H groups in total. The third-order valence-corrected chi connectivity index (χ3v) is 5.59. The van der Waals surface area contributed by atoms with Gasteiger partial charge in [-0.1, -0.05) is 48.0 Å². The smallest absolute Gasteiger partial charge is 0.339 e. The Labute approximate surface area is 201 Å². The topological polar surface area (TPSA) is 60.3 Å². The number of esters is 1. The summed E-state index contributed by atoms with van der Waals surface area (Å²) in [4.78, 5) is 25.5. The van der Waals surface area contributed by atoms with Crippen molar-refractivity contribution in [1.29, 1.82) is 0 Å². The zero-order valence-electron chi connectivity index (χ0n) is 18.6. The van der Waals surface area contributed by atoms with Crippen LogP contribution in [0.1, 0.15) is 33.3 Å². The number of carbonyl (C=O) groups is 2. The summed E-state index contributed by atoms with van der Waals surface area (Å²) in [5.74, 6) is -1.51. The van der Waals surface area contributed by atoms with Crippen LogP contribution >= 0.6 is 11.6 Å². The Morgan fingerprint density at radius 1 is 1.00 bits per heavy atom. The predicted octanol–water partition coefficient (Wildman–Crippen LogP) is 6.67. The number of hydrogen-bond acceptors (Lipinski definition) is 3. The van der Waals surface area contributed by atoms with E-state index in [0.29, 0.717) is 22.5 Å². The van der Waals surface area contributed by atoms with Gasteiger partial charge in [-0.2, -0.15) is 0 Å². The van der Waals surface area contributed by atoms with Crippen LogP contribution in [0.4, 0.5) is 10.1 Å². The van der Waals surface area contributed by atoms with E-state index in [2.05, 4.69) is 5.32 Å². The van der Waals surface area contributed by atoms with Crippen molar-refractivity contribution in [3.63, 3.8) is 0 Å². The maximum atomic E-state index is 14.2. The first-order valence-corrected chi connectivity index (χ1v) is 11.1. The third-order valence-electron chi connectivity index (χ3n) is 5.36. The first-order valence-electron chi connectivity index (χ1n) is 10.7. The van der Waals surface area contributed by atoms with E-state index in [1.807, 2.05) is 47.9 Å². The van der Waals surface area contributed by atoms with Crippen molar-refractivity contribution in [2.75, 3.05) is 11.9 Å². The molecule has 5 nitrogen and oxygen atoms in total. The molecule has 7 heteroatoms. The van der Waals surface area contributed by atoms with E-state index >= 15 is 0 Å². The number of hydrogen-bond donors (Lipinski definition) is 1. The van der Waals surface area contributed by atoms with Crippen LogP contribution in [0, 0.1) is 12.7 Å². The third kappa shape index (κ3) is 4.72. The van der Waals surface area contributed by atoms with Gasteiger partial charge in [0.25, 0.3) is 5.91 Å². The molecule has 1 amide bonds. The van der Waals surface area contributed by atoms with Gasteiger partial charge in [-0.05, 0) is 61.9 Å². The van der Waals surface area contributed by atoms with Gasteiger partial charge in [-0.3, -0.25) is 4.79 Å². The number of aromatic nitrogens is 1. The van der Waals surface area contributed by atoms with Gasteiger partial charge in [0.05, 0.1) is 23.6 Å². The monoisotopic (exact) mass is 476 g/mol. The molecule has 34 heavy (non-hydrogen) atoms. The second kappa shape index (κ2) is 9.93. The van der Waals surface area contributed by atoms with Crippen LogP contribution in [0.2, 0.25) is 5.02 Å². The Kier molecular flexibility index (Phi) is 6.80. The number of ether oxygens (including phenoxy) is 1. The van der Waals surface area contributed by atoms with Crippen molar-refractivity contribution in [2.24, 2.45) is 0 Å². The molecule has 3 aromatic carbocycles. The summed E-state index contributed by atoms with van der Waals surface area (Å²) in [6, 6.07) is 22.4. The number of carbonyl (C=O) groups excluding carboxylic acids is 2. The second-order valence-corrected chi connectivity index (χ2v) is 8.02. The molecule has 0 radical (unpaired) electrons. The fourth-order valence-corrected chi connectivity index (χ4v) is 3.91. The summed E-state index contributed by atoms with van der Waals surface area (Å²) < 4.78 is 21.3. The highest BCUT2D eigenvalue weighted by Gasteiger charge is 2.21. The fourth-order valence-electron chi connectivity index (χ4n) is 3.75. The lowest BCUT2D eigenvalue weighted by Gasteiger charge is -2.14. The number of nitrogens with zero attached hydrogens (tertiary/aromatic N) is 1. The van der Waals surface area contributed by atoms with Gasteiger partial charge >= 0.3 is 5.97 Å². The predicted molar refractivity (Wildman–Crippen MR) is 131 cm³/mol. The first kappa shape index (κ1) is 23.3. The molecule has 0 atom stereocenters. The van der Waals surface area contributed by atoms with Crippen molar-refractivity contribution in [3.05, 3.63) is 107 Å². The Bertz CT molecular complexity index is 1370. The van der Waals surface area contributed by atoms with Gasteiger partial charge in [0.1, 0.15) is 5.82 Å². The van der Waals surface area contributed by atoms with E-state index in [1.165, 1.54) is 12.1 Å². The van der Waals surface area contributed by atoms with E-state index in [4.69, 9.17) is 16.3 Å². The number of amides is 1. The minimum absolute atomic E-state index is 0.0338. The molecule has 0 aliphatic heterocycles. The molecule has 0 saturated carbocycles. The maximum Gasteiger partial charge on any atom is 0.339 e. The van der Waals surface area contributed by atoms with Crippen LogP contribution in [0.15, 0.2) is 78.9 Å². The molecule has 0 unspecified atom stereocenters. The number of halogens is 2. The van der Waals surface area contributed by atoms with Crippen LogP contribution in [0.25, 0.3) is 16.9 Å². The second-order valence-electron chi connectivity index (χ2n) is 7.58.